The molecule has 37 heavy (non-hydrogen) atoms. The van der Waals surface area contributed by atoms with E-state index in [4.69, 9.17) is 0 Å². The zero-order chi connectivity index (χ0) is 26.5. The highest BCUT2D eigenvalue weighted by molar-refractivity contribution is 5.77. The summed E-state index contributed by atoms with van der Waals surface area (Å²) in [6.07, 6.45) is -1.44. The Morgan fingerprint density at radius 3 is 2.65 bits per heavy atom. The number of rotatable bonds is 5. The monoisotopic (exact) mass is 513 g/mol. The van der Waals surface area contributed by atoms with E-state index in [0.717, 1.165) is 37.5 Å². The van der Waals surface area contributed by atoms with E-state index >= 15 is 0 Å². The molecule has 1 aliphatic rings. The summed E-state index contributed by atoms with van der Waals surface area (Å²) in [5, 5.41) is 16.9. The van der Waals surface area contributed by atoms with Gasteiger partial charge in [0.05, 0.1) is 11.4 Å². The summed E-state index contributed by atoms with van der Waals surface area (Å²) in [5.74, 6) is 0.224. The maximum atomic E-state index is 13.5. The molecule has 12 heteroatoms. The average Bonchev–Trinajstić information content (AvgIpc) is 3.15. The van der Waals surface area contributed by atoms with Crippen molar-refractivity contribution in [3.05, 3.63) is 69.9 Å². The number of aliphatic hydroxyl groups is 1. The Bertz CT molecular complexity index is 1540. The van der Waals surface area contributed by atoms with Gasteiger partial charge in [0.25, 0.3) is 5.56 Å². The van der Waals surface area contributed by atoms with Gasteiger partial charge in [-0.15, -0.1) is 0 Å². The molecular weight excluding hydrogens is 487 g/mol. The first kappa shape index (κ1) is 24.9. The predicted octanol–water partition coefficient (Wildman–Crippen LogP) is 3.72. The minimum absolute atomic E-state index is 0.194. The highest BCUT2D eigenvalue weighted by Crippen LogP contribution is 2.38. The molecule has 1 unspecified atom stereocenters. The van der Waals surface area contributed by atoms with Gasteiger partial charge in [-0.05, 0) is 69.1 Å². The van der Waals surface area contributed by atoms with Gasteiger partial charge in [0.1, 0.15) is 5.39 Å². The van der Waals surface area contributed by atoms with Gasteiger partial charge in [0.15, 0.2) is 11.2 Å². The van der Waals surface area contributed by atoms with E-state index in [0.29, 0.717) is 6.92 Å². The van der Waals surface area contributed by atoms with Crippen molar-refractivity contribution in [2.24, 2.45) is 0 Å². The van der Waals surface area contributed by atoms with Crippen molar-refractivity contribution >= 4 is 22.7 Å². The van der Waals surface area contributed by atoms with Crippen LogP contribution >= 0.6 is 0 Å². The molecule has 194 valence electrons. The fraction of sp³-hybridized carbons (Fsp3) is 0.360. The minimum atomic E-state index is -4.95. The highest BCUT2D eigenvalue weighted by atomic mass is 19.4. The van der Waals surface area contributed by atoms with Crippen LogP contribution in [0, 0.1) is 0 Å². The summed E-state index contributed by atoms with van der Waals surface area (Å²) in [7, 11) is 0. The third kappa shape index (κ3) is 4.36. The Morgan fingerprint density at radius 1 is 1.14 bits per heavy atom. The van der Waals surface area contributed by atoms with Gasteiger partial charge in [-0.1, -0.05) is 6.07 Å². The Labute approximate surface area is 210 Å². The average molecular weight is 514 g/mol. The lowest BCUT2D eigenvalue weighted by Crippen LogP contribution is -2.40. The Hall–Kier alpha value is -3.77. The number of pyridine rings is 1. The maximum Gasteiger partial charge on any atom is 0.422 e. The second-order valence-electron chi connectivity index (χ2n) is 9.49. The SMILES string of the molecule is CC(C)n1c(=O)c2cnc(Nc3ccc4c(c3)CNCC4)nc2n1-c1ccnc(C(C)(O)C(F)(F)F)c1. The number of benzene rings is 1. The van der Waals surface area contributed by atoms with E-state index < -0.39 is 23.0 Å². The van der Waals surface area contributed by atoms with Crippen LogP contribution in [0.3, 0.4) is 0 Å². The molecule has 0 radical (unpaired) electrons. The van der Waals surface area contributed by atoms with Crippen molar-refractivity contribution in [2.75, 3.05) is 11.9 Å². The first-order valence-electron chi connectivity index (χ1n) is 11.8. The summed E-state index contributed by atoms with van der Waals surface area (Å²) >= 11 is 0. The van der Waals surface area contributed by atoms with Crippen molar-refractivity contribution in [1.82, 2.24) is 29.6 Å². The van der Waals surface area contributed by atoms with Gasteiger partial charge in [-0.25, -0.2) is 14.3 Å². The van der Waals surface area contributed by atoms with E-state index in [9.17, 15) is 23.1 Å². The second-order valence-corrected chi connectivity index (χ2v) is 9.49. The molecule has 5 rings (SSSR count). The van der Waals surface area contributed by atoms with Gasteiger partial charge in [0, 0.05) is 30.7 Å². The molecule has 0 saturated heterocycles. The van der Waals surface area contributed by atoms with Crippen LogP contribution in [0.1, 0.15) is 43.6 Å². The van der Waals surface area contributed by atoms with Gasteiger partial charge in [-0.2, -0.15) is 18.2 Å². The summed E-state index contributed by atoms with van der Waals surface area (Å²) in [6.45, 7) is 5.88. The van der Waals surface area contributed by atoms with Gasteiger partial charge in [0.2, 0.25) is 5.95 Å². The molecule has 1 aliphatic heterocycles. The van der Waals surface area contributed by atoms with E-state index in [1.54, 1.807) is 13.8 Å². The molecule has 3 aromatic heterocycles. The predicted molar refractivity (Wildman–Crippen MR) is 132 cm³/mol. The van der Waals surface area contributed by atoms with Gasteiger partial charge < -0.3 is 15.7 Å². The highest BCUT2D eigenvalue weighted by Gasteiger charge is 2.52. The number of fused-ring (bicyclic) bond motifs is 2. The number of alkyl halides is 3. The topological polar surface area (TPSA) is 110 Å². The second kappa shape index (κ2) is 8.96. The lowest BCUT2D eigenvalue weighted by Gasteiger charge is -2.26. The summed E-state index contributed by atoms with van der Waals surface area (Å²) in [5.41, 5.74) is -0.564. The fourth-order valence-corrected chi connectivity index (χ4v) is 4.42. The zero-order valence-corrected chi connectivity index (χ0v) is 20.5. The number of nitrogens with zero attached hydrogens (tertiary/aromatic N) is 5. The van der Waals surface area contributed by atoms with Gasteiger partial charge >= 0.3 is 6.18 Å². The molecule has 1 atom stereocenters. The van der Waals surface area contributed by atoms with Gasteiger partial charge in [-0.3, -0.25) is 9.78 Å². The molecule has 0 fully saturated rings. The minimum Gasteiger partial charge on any atom is -0.375 e. The molecule has 0 aliphatic carbocycles. The summed E-state index contributed by atoms with van der Waals surface area (Å²) in [6, 6.07) is 8.20. The smallest absolute Gasteiger partial charge is 0.375 e. The Balaban J connectivity index is 1.63. The van der Waals surface area contributed by atoms with Crippen LogP contribution in [0.5, 0.6) is 0 Å². The normalized spacial score (nSPS) is 15.6. The molecule has 4 aromatic rings. The van der Waals surface area contributed by atoms with Crippen LogP contribution < -0.4 is 16.2 Å². The van der Waals surface area contributed by atoms with E-state index in [2.05, 4.69) is 25.6 Å². The summed E-state index contributed by atoms with van der Waals surface area (Å²) < 4.78 is 43.3. The third-order valence-corrected chi connectivity index (χ3v) is 6.50. The standard InChI is InChI=1S/C25H26F3N7O2/c1-14(2)34-22(36)19-13-31-23(32-17-5-4-15-6-8-29-12-16(15)10-17)33-21(19)35(34)18-7-9-30-20(11-18)24(3,37)25(26,27)28/h4-5,7,9-11,13-14,29,37H,6,8,12H2,1-3H3,(H,31,32,33). The van der Waals surface area contributed by atoms with Crippen molar-refractivity contribution in [3.8, 4) is 5.69 Å². The van der Waals surface area contributed by atoms with Crippen LogP contribution in [-0.4, -0.2) is 42.1 Å². The number of nitrogens with one attached hydrogen (secondary N) is 2. The lowest BCUT2D eigenvalue weighted by molar-refractivity contribution is -0.260. The van der Waals surface area contributed by atoms with Crippen LogP contribution in [0.15, 0.2) is 47.5 Å². The Morgan fingerprint density at radius 2 is 1.92 bits per heavy atom. The molecule has 4 heterocycles. The first-order valence-corrected chi connectivity index (χ1v) is 11.8. The fourth-order valence-electron chi connectivity index (χ4n) is 4.42. The number of anilines is 2. The van der Waals surface area contributed by atoms with Crippen LogP contribution in [0.4, 0.5) is 24.8 Å². The molecule has 0 amide bonds. The largest absolute Gasteiger partial charge is 0.422 e. The Kier molecular flexibility index (Phi) is 6.03. The molecule has 0 bridgehead atoms. The number of hydrogen-bond donors (Lipinski definition) is 3. The lowest BCUT2D eigenvalue weighted by atomic mass is 10.0. The molecule has 3 N–H and O–H groups in total. The van der Waals surface area contributed by atoms with Crippen molar-refractivity contribution < 1.29 is 18.3 Å². The van der Waals surface area contributed by atoms with Crippen LogP contribution in [0.2, 0.25) is 0 Å². The van der Waals surface area contributed by atoms with Crippen molar-refractivity contribution in [2.45, 2.75) is 51.6 Å². The quantitative estimate of drug-likeness (QED) is 0.373. The molecule has 9 nitrogen and oxygen atoms in total. The van der Waals surface area contributed by atoms with Crippen LogP contribution in [-0.2, 0) is 18.6 Å². The van der Waals surface area contributed by atoms with E-state index in [1.165, 1.54) is 32.8 Å². The zero-order valence-electron chi connectivity index (χ0n) is 20.5. The van der Waals surface area contributed by atoms with Crippen molar-refractivity contribution in [3.63, 3.8) is 0 Å². The van der Waals surface area contributed by atoms with Crippen LogP contribution in [0.25, 0.3) is 16.7 Å². The number of hydrogen-bond acceptors (Lipinski definition) is 7. The number of halogens is 3. The van der Waals surface area contributed by atoms with Crippen molar-refractivity contribution in [1.29, 1.82) is 0 Å². The van der Waals surface area contributed by atoms with E-state index in [-0.39, 0.29) is 28.7 Å². The molecule has 0 saturated carbocycles. The first-order chi connectivity index (χ1) is 17.5. The van der Waals surface area contributed by atoms with E-state index in [1.807, 2.05) is 18.2 Å². The maximum absolute atomic E-state index is 13.5. The third-order valence-electron chi connectivity index (χ3n) is 6.50. The molecular formula is C25H26F3N7O2. The summed E-state index contributed by atoms with van der Waals surface area (Å²) in [4.78, 5) is 25.8. The number of aromatic nitrogens is 5. The molecule has 1 aromatic carbocycles. The molecule has 0 spiro atoms.